The maximum Gasteiger partial charge on any atom is 0.253 e. The highest BCUT2D eigenvalue weighted by atomic mass is 32.2. The van der Waals surface area contributed by atoms with Crippen LogP contribution in [0.15, 0.2) is 51.8 Å². The topological polar surface area (TPSA) is 88.9 Å². The lowest BCUT2D eigenvalue weighted by Crippen LogP contribution is -2.14. The molecule has 1 aromatic carbocycles. The van der Waals surface area contributed by atoms with E-state index in [1.54, 1.807) is 0 Å². The first-order valence-corrected chi connectivity index (χ1v) is 6.61. The van der Waals surface area contributed by atoms with E-state index in [1.165, 1.54) is 11.8 Å². The van der Waals surface area contributed by atoms with E-state index in [2.05, 4.69) is 16.4 Å². The molecule has 0 saturated heterocycles. The number of nitrogens with zero attached hydrogens (tertiary/aromatic N) is 1. The van der Waals surface area contributed by atoms with Crippen molar-refractivity contribution >= 4 is 22.5 Å². The van der Waals surface area contributed by atoms with Crippen LogP contribution in [0.4, 0.5) is 5.82 Å². The van der Waals surface area contributed by atoms with E-state index < -0.39 is 5.56 Å². The van der Waals surface area contributed by atoms with Crippen molar-refractivity contribution in [1.29, 1.82) is 5.26 Å². The largest absolute Gasteiger partial charge is 0.506 e. The summed E-state index contributed by atoms with van der Waals surface area (Å²) in [4.78, 5) is 15.1. The van der Waals surface area contributed by atoms with Crippen molar-refractivity contribution in [3.8, 4) is 11.8 Å². The molecule has 0 amide bonds. The third kappa shape index (κ3) is 2.04. The number of pyridine rings is 1. The number of aromatic nitrogens is 1. The molecule has 0 saturated carbocycles. The summed E-state index contributed by atoms with van der Waals surface area (Å²) in [6, 6.07) is 12.6. The lowest BCUT2D eigenvalue weighted by atomic mass is 10.2. The van der Waals surface area contributed by atoms with Crippen LogP contribution in [-0.2, 0) is 0 Å². The van der Waals surface area contributed by atoms with Crippen LogP contribution < -0.4 is 10.9 Å². The van der Waals surface area contributed by atoms with E-state index in [1.807, 2.05) is 30.3 Å². The number of aromatic amines is 1. The van der Waals surface area contributed by atoms with Crippen LogP contribution >= 0.6 is 11.8 Å². The molecule has 1 aromatic heterocycles. The summed E-state index contributed by atoms with van der Waals surface area (Å²) in [7, 11) is 0. The number of allylic oxidation sites excluding steroid dienone is 1. The van der Waals surface area contributed by atoms with Crippen LogP contribution in [-0.4, -0.2) is 10.1 Å². The number of hydrogen-bond donors (Lipinski definition) is 3. The quantitative estimate of drug-likeness (QED) is 0.748. The molecule has 0 fully saturated rings. The number of benzene rings is 1. The number of aromatic hydroxyl groups is 1. The van der Waals surface area contributed by atoms with Crippen LogP contribution in [0.25, 0.3) is 4.91 Å². The molecular formula is C14H9N3O2S. The minimum Gasteiger partial charge on any atom is -0.506 e. The number of H-pyrrole nitrogens is 1. The molecule has 5 nitrogen and oxygen atoms in total. The van der Waals surface area contributed by atoms with Gasteiger partial charge in [-0.2, -0.15) is 5.26 Å². The lowest BCUT2D eigenvalue weighted by Gasteiger charge is -2.20. The summed E-state index contributed by atoms with van der Waals surface area (Å²) in [6.45, 7) is 0. The maximum absolute atomic E-state index is 11.3. The van der Waals surface area contributed by atoms with Crippen molar-refractivity contribution < 1.29 is 5.11 Å². The van der Waals surface area contributed by atoms with Gasteiger partial charge >= 0.3 is 0 Å². The Kier molecular flexibility index (Phi) is 2.97. The van der Waals surface area contributed by atoms with E-state index in [4.69, 9.17) is 0 Å². The first-order chi connectivity index (χ1) is 9.69. The van der Waals surface area contributed by atoms with E-state index >= 15 is 0 Å². The van der Waals surface area contributed by atoms with Crippen molar-refractivity contribution in [2.45, 2.75) is 4.90 Å². The number of hydrogen-bond acceptors (Lipinski definition) is 5. The number of nitriles is 1. The van der Waals surface area contributed by atoms with Gasteiger partial charge in [-0.15, -0.1) is 0 Å². The fourth-order valence-electron chi connectivity index (χ4n) is 1.93. The summed E-state index contributed by atoms with van der Waals surface area (Å²) in [6.07, 6.45) is 0. The molecule has 20 heavy (non-hydrogen) atoms. The normalized spacial score (nSPS) is 13.3. The number of anilines is 1. The van der Waals surface area contributed by atoms with Gasteiger partial charge in [0.2, 0.25) is 0 Å². The van der Waals surface area contributed by atoms with Gasteiger partial charge in [-0.25, -0.2) is 0 Å². The molecule has 0 unspecified atom stereocenters. The van der Waals surface area contributed by atoms with Gasteiger partial charge in [-0.3, -0.25) is 4.79 Å². The first-order valence-electron chi connectivity index (χ1n) is 5.80. The van der Waals surface area contributed by atoms with Gasteiger partial charge in [0.1, 0.15) is 23.3 Å². The number of thioether (sulfide) groups is 1. The summed E-state index contributed by atoms with van der Waals surface area (Å²) in [5.41, 5.74) is 0.794. The fourth-order valence-corrected chi connectivity index (χ4v) is 2.96. The van der Waals surface area contributed by atoms with Crippen molar-refractivity contribution in [2.24, 2.45) is 0 Å². The Labute approximate surface area is 118 Å². The molecule has 2 heterocycles. The summed E-state index contributed by atoms with van der Waals surface area (Å²) in [5.74, 6) is 0.239. The molecule has 0 radical (unpaired) electrons. The highest BCUT2D eigenvalue weighted by molar-refractivity contribution is 8.08. The molecule has 1 aliphatic heterocycles. The molecule has 3 N–H and O–H groups in total. The van der Waals surface area contributed by atoms with Crippen molar-refractivity contribution in [2.75, 3.05) is 5.32 Å². The molecule has 0 aliphatic carbocycles. The monoisotopic (exact) mass is 283 g/mol. The average Bonchev–Trinajstić information content (AvgIpc) is 2.46. The van der Waals surface area contributed by atoms with Crippen LogP contribution in [0.5, 0.6) is 5.75 Å². The third-order valence-corrected chi connectivity index (χ3v) is 4.07. The van der Waals surface area contributed by atoms with Crippen molar-refractivity contribution in [3.05, 3.63) is 58.0 Å². The standard InChI is InChI=1S/C14H9N3O2S/c15-7-9-12(8-4-2-1-3-5-8)20-13-10(18)6-11(19)17-14(13)16-9/h1-6H,(H3,16,17,18,19). The molecule has 0 atom stereocenters. The van der Waals surface area contributed by atoms with Gasteiger partial charge in [0.25, 0.3) is 5.56 Å². The van der Waals surface area contributed by atoms with E-state index in [0.717, 1.165) is 11.6 Å². The predicted octanol–water partition coefficient (Wildman–Crippen LogP) is 2.49. The molecule has 2 aromatic rings. The van der Waals surface area contributed by atoms with Crippen molar-refractivity contribution in [3.63, 3.8) is 0 Å². The number of rotatable bonds is 1. The second-order valence-electron chi connectivity index (χ2n) is 4.13. The summed E-state index contributed by atoms with van der Waals surface area (Å²) in [5, 5.41) is 22.0. The molecule has 0 spiro atoms. The van der Waals surface area contributed by atoms with Crippen LogP contribution in [0.2, 0.25) is 0 Å². The van der Waals surface area contributed by atoms with E-state index in [-0.39, 0.29) is 5.75 Å². The molecule has 1 aliphatic rings. The minimum absolute atomic E-state index is 0.105. The Bertz CT molecular complexity index is 803. The molecule has 3 rings (SSSR count). The first kappa shape index (κ1) is 12.4. The molecular weight excluding hydrogens is 274 g/mol. The van der Waals surface area contributed by atoms with Gasteiger partial charge in [-0.1, -0.05) is 42.1 Å². The predicted molar refractivity (Wildman–Crippen MR) is 77.2 cm³/mol. The highest BCUT2D eigenvalue weighted by Gasteiger charge is 2.23. The zero-order valence-electron chi connectivity index (χ0n) is 10.2. The smallest absolute Gasteiger partial charge is 0.253 e. The van der Waals surface area contributed by atoms with Gasteiger partial charge < -0.3 is 15.4 Å². The number of fused-ring (bicyclic) bond motifs is 1. The Morgan fingerprint density at radius 3 is 2.70 bits per heavy atom. The summed E-state index contributed by atoms with van der Waals surface area (Å²) >= 11 is 1.25. The SMILES string of the molecule is N#CC1=C(c2ccccc2)Sc2c(O)cc(=O)[nH]c2N1. The molecule has 6 heteroatoms. The van der Waals surface area contributed by atoms with Gasteiger partial charge in [0.15, 0.2) is 0 Å². The van der Waals surface area contributed by atoms with Gasteiger partial charge in [0.05, 0.1) is 9.80 Å². The van der Waals surface area contributed by atoms with Crippen LogP contribution in [0, 0.1) is 11.3 Å². The highest BCUT2D eigenvalue weighted by Crippen LogP contribution is 2.46. The van der Waals surface area contributed by atoms with E-state index in [9.17, 15) is 15.2 Å². The number of nitrogens with one attached hydrogen (secondary N) is 2. The van der Waals surface area contributed by atoms with E-state index in [0.29, 0.717) is 21.3 Å². The van der Waals surface area contributed by atoms with Crippen LogP contribution in [0.1, 0.15) is 5.56 Å². The van der Waals surface area contributed by atoms with Gasteiger partial charge in [0, 0.05) is 6.07 Å². The van der Waals surface area contributed by atoms with Crippen molar-refractivity contribution in [1.82, 2.24) is 4.98 Å². The average molecular weight is 283 g/mol. The third-order valence-electron chi connectivity index (χ3n) is 2.80. The van der Waals surface area contributed by atoms with Crippen LogP contribution in [0.3, 0.4) is 0 Å². The Balaban J connectivity index is 2.15. The lowest BCUT2D eigenvalue weighted by molar-refractivity contribution is 0.461. The Hall–Kier alpha value is -2.65. The molecule has 98 valence electrons. The minimum atomic E-state index is -0.421. The maximum atomic E-state index is 11.3. The fraction of sp³-hybridized carbons (Fsp3) is 0. The zero-order chi connectivity index (χ0) is 14.1. The zero-order valence-corrected chi connectivity index (χ0v) is 11.0. The Morgan fingerprint density at radius 1 is 1.25 bits per heavy atom. The summed E-state index contributed by atoms with van der Waals surface area (Å²) < 4.78 is 0. The second-order valence-corrected chi connectivity index (χ2v) is 5.15. The van der Waals surface area contributed by atoms with Gasteiger partial charge in [-0.05, 0) is 5.56 Å². The Morgan fingerprint density at radius 2 is 2.00 bits per heavy atom. The molecule has 0 bridgehead atoms. The second kappa shape index (κ2) is 4.79.